The van der Waals surface area contributed by atoms with E-state index >= 15 is 0 Å². The summed E-state index contributed by atoms with van der Waals surface area (Å²) in [5.74, 6) is 0.568. The summed E-state index contributed by atoms with van der Waals surface area (Å²) in [7, 11) is 3.50. The highest BCUT2D eigenvalue weighted by molar-refractivity contribution is 5.76. The van der Waals surface area contributed by atoms with Crippen LogP contribution in [0.1, 0.15) is 18.2 Å². The van der Waals surface area contributed by atoms with E-state index in [1.165, 1.54) is 0 Å². The van der Waals surface area contributed by atoms with Crippen LogP contribution < -0.4 is 10.1 Å². The van der Waals surface area contributed by atoms with Gasteiger partial charge in [-0.2, -0.15) is 5.10 Å². The van der Waals surface area contributed by atoms with Crippen LogP contribution >= 0.6 is 0 Å². The van der Waals surface area contributed by atoms with Crippen molar-refractivity contribution in [2.45, 2.75) is 26.4 Å². The molecular weight excluding hydrogens is 272 g/mol. The molecule has 1 aromatic heterocycles. The lowest BCUT2D eigenvalue weighted by Gasteiger charge is -2.34. The van der Waals surface area contributed by atoms with Crippen LogP contribution in [0.25, 0.3) is 0 Å². The van der Waals surface area contributed by atoms with Crippen molar-refractivity contribution >= 4 is 5.97 Å². The lowest BCUT2D eigenvalue weighted by atomic mass is 10.1. The van der Waals surface area contributed by atoms with Crippen LogP contribution in [0, 0.1) is 6.92 Å². The molecule has 21 heavy (non-hydrogen) atoms. The number of hydrogen-bond acceptors (Lipinski definition) is 6. The van der Waals surface area contributed by atoms with E-state index < -0.39 is 0 Å². The van der Waals surface area contributed by atoms with Crippen molar-refractivity contribution in [2.75, 3.05) is 33.4 Å². The molecule has 7 heteroatoms. The van der Waals surface area contributed by atoms with Gasteiger partial charge >= 0.3 is 5.97 Å². The highest BCUT2D eigenvalue weighted by Gasteiger charge is 2.31. The topological polar surface area (TPSA) is 68.6 Å². The van der Waals surface area contributed by atoms with Gasteiger partial charge in [-0.15, -0.1) is 0 Å². The van der Waals surface area contributed by atoms with Crippen LogP contribution in [-0.2, 0) is 23.1 Å². The summed E-state index contributed by atoms with van der Waals surface area (Å²) in [5.41, 5.74) is 1.95. The van der Waals surface area contributed by atoms with Crippen molar-refractivity contribution in [1.29, 1.82) is 0 Å². The van der Waals surface area contributed by atoms with E-state index in [1.807, 2.05) is 20.9 Å². The molecule has 1 fully saturated rings. The van der Waals surface area contributed by atoms with E-state index in [0.29, 0.717) is 19.7 Å². The van der Waals surface area contributed by atoms with Gasteiger partial charge in [0, 0.05) is 33.2 Å². The minimum absolute atomic E-state index is 0.176. The normalized spacial score (nSPS) is 19.5. The molecule has 1 saturated heterocycles. The van der Waals surface area contributed by atoms with Crippen molar-refractivity contribution in [1.82, 2.24) is 20.0 Å². The SMILES string of the molecule is CCOC(=O)C1CNCCN1Cc1c(C)nn(C)c1OC. The van der Waals surface area contributed by atoms with Crippen LogP contribution in [0.5, 0.6) is 5.88 Å². The molecule has 7 nitrogen and oxygen atoms in total. The maximum atomic E-state index is 12.1. The first-order valence-electron chi connectivity index (χ1n) is 7.26. The minimum atomic E-state index is -0.261. The molecule has 0 aliphatic carbocycles. The van der Waals surface area contributed by atoms with E-state index in [4.69, 9.17) is 9.47 Å². The largest absolute Gasteiger partial charge is 0.481 e. The smallest absolute Gasteiger partial charge is 0.324 e. The van der Waals surface area contributed by atoms with Gasteiger partial charge in [-0.05, 0) is 13.8 Å². The summed E-state index contributed by atoms with van der Waals surface area (Å²) >= 11 is 0. The molecule has 118 valence electrons. The Morgan fingerprint density at radius 2 is 2.29 bits per heavy atom. The second-order valence-electron chi connectivity index (χ2n) is 5.14. The molecule has 0 spiro atoms. The number of aromatic nitrogens is 2. The Labute approximate surface area is 125 Å². The van der Waals surface area contributed by atoms with Crippen LogP contribution in [-0.4, -0.2) is 60.0 Å². The zero-order valence-electron chi connectivity index (χ0n) is 13.2. The van der Waals surface area contributed by atoms with Crippen molar-refractivity contribution < 1.29 is 14.3 Å². The third-order valence-electron chi connectivity index (χ3n) is 3.76. The predicted octanol–water partition coefficient (Wildman–Crippen LogP) is 0.0740. The standard InChI is InChI=1S/C14H24N4O3/c1-5-21-14(19)12-8-15-6-7-18(12)9-11-10(2)16-17(3)13(11)20-4/h12,15H,5-9H2,1-4H3. The van der Waals surface area contributed by atoms with Gasteiger partial charge in [0.25, 0.3) is 0 Å². The van der Waals surface area contributed by atoms with E-state index in [9.17, 15) is 4.79 Å². The number of rotatable bonds is 5. The number of carbonyl (C=O) groups excluding carboxylic acids is 1. The first kappa shape index (κ1) is 15.8. The molecule has 1 aromatic rings. The predicted molar refractivity (Wildman–Crippen MR) is 78.2 cm³/mol. The second-order valence-corrected chi connectivity index (χ2v) is 5.14. The van der Waals surface area contributed by atoms with Crippen molar-refractivity contribution in [3.63, 3.8) is 0 Å². The molecule has 0 radical (unpaired) electrons. The monoisotopic (exact) mass is 296 g/mol. The highest BCUT2D eigenvalue weighted by Crippen LogP contribution is 2.24. The van der Waals surface area contributed by atoms with Gasteiger partial charge in [-0.3, -0.25) is 9.69 Å². The molecule has 0 bridgehead atoms. The molecule has 0 saturated carbocycles. The Kier molecular flexibility index (Phi) is 5.19. The number of esters is 1. The second kappa shape index (κ2) is 6.91. The van der Waals surface area contributed by atoms with Gasteiger partial charge in [0.1, 0.15) is 6.04 Å². The van der Waals surface area contributed by atoms with E-state index in [2.05, 4.69) is 15.3 Å². The Morgan fingerprint density at radius 1 is 1.52 bits per heavy atom. The number of nitrogens with zero attached hydrogens (tertiary/aromatic N) is 3. The quantitative estimate of drug-likeness (QED) is 0.776. The van der Waals surface area contributed by atoms with Gasteiger partial charge in [0.05, 0.1) is 25.0 Å². The van der Waals surface area contributed by atoms with E-state index in [1.54, 1.807) is 11.8 Å². The molecule has 1 N–H and O–H groups in total. The Balaban J connectivity index is 2.18. The van der Waals surface area contributed by atoms with Crippen LogP contribution in [0.15, 0.2) is 0 Å². The molecule has 0 aromatic carbocycles. The third-order valence-corrected chi connectivity index (χ3v) is 3.76. The highest BCUT2D eigenvalue weighted by atomic mass is 16.5. The molecule has 2 heterocycles. The number of ether oxygens (including phenoxy) is 2. The van der Waals surface area contributed by atoms with Crippen LogP contribution in [0.4, 0.5) is 0 Å². The molecule has 1 unspecified atom stereocenters. The van der Waals surface area contributed by atoms with Crippen LogP contribution in [0.3, 0.4) is 0 Å². The number of aryl methyl sites for hydroxylation is 2. The Hall–Kier alpha value is -1.60. The van der Waals surface area contributed by atoms with Crippen LogP contribution in [0.2, 0.25) is 0 Å². The average molecular weight is 296 g/mol. The first-order valence-corrected chi connectivity index (χ1v) is 7.26. The Bertz CT molecular complexity index is 501. The summed E-state index contributed by atoms with van der Waals surface area (Å²) in [4.78, 5) is 14.2. The van der Waals surface area contributed by atoms with Crippen molar-refractivity contribution in [3.05, 3.63) is 11.3 Å². The van der Waals surface area contributed by atoms with Gasteiger partial charge in [0.2, 0.25) is 5.88 Å². The number of methoxy groups -OCH3 is 1. The first-order chi connectivity index (χ1) is 10.1. The molecule has 0 amide bonds. The lowest BCUT2D eigenvalue weighted by molar-refractivity contribution is -0.150. The Morgan fingerprint density at radius 3 is 2.95 bits per heavy atom. The minimum Gasteiger partial charge on any atom is -0.481 e. The van der Waals surface area contributed by atoms with Crippen molar-refractivity contribution in [2.24, 2.45) is 7.05 Å². The zero-order chi connectivity index (χ0) is 15.4. The number of piperazine rings is 1. The number of nitrogens with one attached hydrogen (secondary N) is 1. The molecular formula is C14H24N4O3. The van der Waals surface area contributed by atoms with E-state index in [-0.39, 0.29) is 12.0 Å². The zero-order valence-corrected chi connectivity index (χ0v) is 13.2. The molecule has 2 rings (SSSR count). The van der Waals surface area contributed by atoms with Crippen molar-refractivity contribution in [3.8, 4) is 5.88 Å². The maximum Gasteiger partial charge on any atom is 0.324 e. The number of carbonyl (C=O) groups is 1. The summed E-state index contributed by atoms with van der Waals surface area (Å²) in [5, 5.41) is 7.63. The molecule has 1 aliphatic heterocycles. The van der Waals surface area contributed by atoms with E-state index in [0.717, 1.165) is 30.2 Å². The van der Waals surface area contributed by atoms with Gasteiger partial charge in [0.15, 0.2) is 0 Å². The molecule has 1 atom stereocenters. The van der Waals surface area contributed by atoms with Gasteiger partial charge < -0.3 is 14.8 Å². The lowest BCUT2D eigenvalue weighted by Crippen LogP contribution is -2.54. The summed E-state index contributed by atoms with van der Waals surface area (Å²) < 4.78 is 12.3. The molecule has 1 aliphatic rings. The fraction of sp³-hybridized carbons (Fsp3) is 0.714. The van der Waals surface area contributed by atoms with Gasteiger partial charge in [-0.1, -0.05) is 0 Å². The summed E-state index contributed by atoms with van der Waals surface area (Å²) in [6.07, 6.45) is 0. The summed E-state index contributed by atoms with van der Waals surface area (Å²) in [6, 6.07) is -0.261. The average Bonchev–Trinajstić information content (AvgIpc) is 2.73. The fourth-order valence-corrected chi connectivity index (χ4v) is 2.73. The maximum absolute atomic E-state index is 12.1. The third kappa shape index (κ3) is 3.36. The van der Waals surface area contributed by atoms with Gasteiger partial charge in [-0.25, -0.2) is 4.68 Å². The summed E-state index contributed by atoms with van der Waals surface area (Å²) in [6.45, 7) is 7.08. The number of hydrogen-bond donors (Lipinski definition) is 1. The fourth-order valence-electron chi connectivity index (χ4n) is 2.73.